The molecule has 6 heteroatoms. The van der Waals surface area contributed by atoms with Crippen LogP contribution in [0.25, 0.3) is 0 Å². The van der Waals surface area contributed by atoms with Gasteiger partial charge in [0.25, 0.3) is 0 Å². The van der Waals surface area contributed by atoms with Gasteiger partial charge in [-0.1, -0.05) is 61.5 Å². The van der Waals surface area contributed by atoms with Gasteiger partial charge in [-0.15, -0.1) is 0 Å². The number of hydrogen-bond donors (Lipinski definition) is 1. The second-order valence-electron chi connectivity index (χ2n) is 8.33. The SMILES string of the molecule is CC(C(=O)OCC[NH+]1CCCCC1)C1(c2ccccc2)C(=O)c2ccccc2C1=O.[Cl-]. The fraction of sp³-hybridized carbons (Fsp3) is 0.400. The van der Waals surface area contributed by atoms with Crippen molar-refractivity contribution in [3.8, 4) is 0 Å². The van der Waals surface area contributed by atoms with Crippen molar-refractivity contribution in [1.29, 1.82) is 0 Å². The second kappa shape index (κ2) is 9.75. The van der Waals surface area contributed by atoms with Crippen LogP contribution >= 0.6 is 0 Å². The summed E-state index contributed by atoms with van der Waals surface area (Å²) in [4.78, 5) is 41.6. The number of carbonyl (C=O) groups excluding carboxylic acids is 3. The van der Waals surface area contributed by atoms with Crippen LogP contribution in [0.15, 0.2) is 54.6 Å². The molecule has 164 valence electrons. The number of likely N-dealkylation sites (tertiary alicyclic amines) is 1. The van der Waals surface area contributed by atoms with E-state index < -0.39 is 17.3 Å². The molecule has 1 N–H and O–H groups in total. The van der Waals surface area contributed by atoms with Gasteiger partial charge < -0.3 is 22.0 Å². The van der Waals surface area contributed by atoms with Gasteiger partial charge in [0.1, 0.15) is 18.6 Å². The van der Waals surface area contributed by atoms with E-state index in [0.717, 1.165) is 19.6 Å². The highest BCUT2D eigenvalue weighted by Gasteiger charge is 2.59. The van der Waals surface area contributed by atoms with Gasteiger partial charge in [-0.3, -0.25) is 14.4 Å². The van der Waals surface area contributed by atoms with E-state index in [1.54, 1.807) is 55.5 Å². The number of fused-ring (bicyclic) bond motifs is 1. The van der Waals surface area contributed by atoms with Crippen molar-refractivity contribution in [2.75, 3.05) is 26.2 Å². The number of carbonyl (C=O) groups is 3. The summed E-state index contributed by atoms with van der Waals surface area (Å²) in [7, 11) is 0. The van der Waals surface area contributed by atoms with Crippen LogP contribution in [0.5, 0.6) is 0 Å². The number of quaternary nitrogens is 1. The van der Waals surface area contributed by atoms with E-state index in [-0.39, 0.29) is 24.0 Å². The lowest BCUT2D eigenvalue weighted by Crippen LogP contribution is -3.13. The van der Waals surface area contributed by atoms with Gasteiger partial charge in [0, 0.05) is 11.1 Å². The van der Waals surface area contributed by atoms with E-state index in [9.17, 15) is 14.4 Å². The van der Waals surface area contributed by atoms with Crippen molar-refractivity contribution in [1.82, 2.24) is 0 Å². The molecule has 2 aromatic carbocycles. The van der Waals surface area contributed by atoms with Crippen LogP contribution in [0.3, 0.4) is 0 Å². The monoisotopic (exact) mass is 441 g/mol. The molecule has 4 rings (SSSR count). The van der Waals surface area contributed by atoms with Gasteiger partial charge in [0.05, 0.1) is 19.0 Å². The first-order valence-corrected chi connectivity index (χ1v) is 10.8. The number of ether oxygens (including phenoxy) is 1. The Labute approximate surface area is 189 Å². The Morgan fingerprint density at radius 1 is 0.935 bits per heavy atom. The zero-order valence-electron chi connectivity index (χ0n) is 17.7. The van der Waals surface area contributed by atoms with Crippen molar-refractivity contribution in [2.24, 2.45) is 5.92 Å². The van der Waals surface area contributed by atoms with E-state index in [1.807, 2.05) is 6.07 Å². The van der Waals surface area contributed by atoms with E-state index in [2.05, 4.69) is 0 Å². The fourth-order valence-corrected chi connectivity index (χ4v) is 4.91. The van der Waals surface area contributed by atoms with Crippen LogP contribution in [-0.4, -0.2) is 43.8 Å². The molecule has 0 radical (unpaired) electrons. The van der Waals surface area contributed by atoms with Gasteiger partial charge in [-0.2, -0.15) is 0 Å². The average molecular weight is 442 g/mol. The third-order valence-corrected chi connectivity index (χ3v) is 6.63. The summed E-state index contributed by atoms with van der Waals surface area (Å²) in [6.45, 7) is 4.92. The molecule has 1 aliphatic carbocycles. The number of rotatable bonds is 6. The maximum Gasteiger partial charge on any atom is 0.310 e. The molecule has 0 aromatic heterocycles. The van der Waals surface area contributed by atoms with Crippen molar-refractivity contribution in [3.63, 3.8) is 0 Å². The first-order valence-electron chi connectivity index (χ1n) is 10.8. The molecule has 0 bridgehead atoms. The first-order chi connectivity index (χ1) is 14.6. The summed E-state index contributed by atoms with van der Waals surface area (Å²) in [5, 5.41) is 0. The molecule has 2 aromatic rings. The molecule has 5 nitrogen and oxygen atoms in total. The van der Waals surface area contributed by atoms with Crippen LogP contribution in [0.2, 0.25) is 0 Å². The molecule has 1 unspecified atom stereocenters. The second-order valence-corrected chi connectivity index (χ2v) is 8.33. The highest BCUT2D eigenvalue weighted by molar-refractivity contribution is 6.34. The molecule has 2 aliphatic rings. The molecule has 0 spiro atoms. The predicted octanol–water partition coefficient (Wildman–Crippen LogP) is -0.744. The van der Waals surface area contributed by atoms with Crippen molar-refractivity contribution >= 4 is 17.5 Å². The Kier molecular flexibility index (Phi) is 7.29. The number of ketones is 2. The number of benzene rings is 2. The van der Waals surface area contributed by atoms with Crippen LogP contribution in [0.1, 0.15) is 52.5 Å². The highest BCUT2D eigenvalue weighted by Crippen LogP contribution is 2.45. The largest absolute Gasteiger partial charge is 1.00 e. The van der Waals surface area contributed by atoms with Crippen LogP contribution in [0, 0.1) is 5.92 Å². The van der Waals surface area contributed by atoms with Crippen molar-refractivity contribution in [2.45, 2.75) is 31.6 Å². The number of Topliss-reactive ketones (excluding diaryl/α,β-unsaturated/α-hetero) is 2. The third-order valence-electron chi connectivity index (χ3n) is 6.63. The van der Waals surface area contributed by atoms with Crippen LogP contribution < -0.4 is 17.3 Å². The number of hydrogen-bond acceptors (Lipinski definition) is 4. The van der Waals surface area contributed by atoms with Crippen LogP contribution in [0.4, 0.5) is 0 Å². The summed E-state index contributed by atoms with van der Waals surface area (Å²) in [5.74, 6) is -2.05. The topological polar surface area (TPSA) is 64.9 Å². The normalized spacial score (nSPS) is 18.7. The van der Waals surface area contributed by atoms with Crippen molar-refractivity contribution in [3.05, 3.63) is 71.3 Å². The molecule has 1 saturated heterocycles. The van der Waals surface area contributed by atoms with E-state index in [0.29, 0.717) is 23.3 Å². The lowest BCUT2D eigenvalue weighted by atomic mass is 9.67. The van der Waals surface area contributed by atoms with E-state index >= 15 is 0 Å². The fourth-order valence-electron chi connectivity index (χ4n) is 4.91. The quantitative estimate of drug-likeness (QED) is 0.473. The molecule has 1 atom stereocenters. The highest BCUT2D eigenvalue weighted by atomic mass is 35.5. The van der Waals surface area contributed by atoms with Crippen LogP contribution in [-0.2, 0) is 14.9 Å². The smallest absolute Gasteiger partial charge is 0.310 e. The number of esters is 1. The lowest BCUT2D eigenvalue weighted by molar-refractivity contribution is -0.905. The Balaban J connectivity index is 0.00000272. The maximum absolute atomic E-state index is 13.6. The minimum absolute atomic E-state index is 0. The molecule has 1 aliphatic heterocycles. The number of halogens is 1. The minimum atomic E-state index is -1.57. The molecule has 0 amide bonds. The Hall–Kier alpha value is -2.50. The summed E-state index contributed by atoms with van der Waals surface area (Å²) in [6, 6.07) is 15.7. The summed E-state index contributed by atoms with van der Waals surface area (Å²) < 4.78 is 5.60. The Morgan fingerprint density at radius 2 is 1.48 bits per heavy atom. The van der Waals surface area contributed by atoms with Gasteiger partial charge in [0.15, 0.2) is 11.6 Å². The van der Waals surface area contributed by atoms with Gasteiger partial charge >= 0.3 is 5.97 Å². The third kappa shape index (κ3) is 4.04. The number of nitrogens with one attached hydrogen (secondary N) is 1. The molecule has 0 saturated carbocycles. The summed E-state index contributed by atoms with van der Waals surface area (Å²) in [5.41, 5.74) is -0.269. The maximum atomic E-state index is 13.6. The van der Waals surface area contributed by atoms with E-state index in [1.165, 1.54) is 24.2 Å². The van der Waals surface area contributed by atoms with Crippen molar-refractivity contribution < 1.29 is 36.4 Å². The summed E-state index contributed by atoms with van der Waals surface area (Å²) in [6.07, 6.45) is 3.68. The zero-order chi connectivity index (χ0) is 21.1. The first kappa shape index (κ1) is 23.2. The molecular weight excluding hydrogens is 414 g/mol. The van der Waals surface area contributed by atoms with Gasteiger partial charge in [-0.05, 0) is 24.8 Å². The molecule has 1 heterocycles. The molecule has 31 heavy (non-hydrogen) atoms. The van der Waals surface area contributed by atoms with Gasteiger partial charge in [-0.25, -0.2) is 0 Å². The Bertz CT molecular complexity index is 918. The lowest BCUT2D eigenvalue weighted by Gasteiger charge is -2.31. The molecular formula is C25H28ClNO4. The zero-order valence-corrected chi connectivity index (χ0v) is 18.5. The Morgan fingerprint density at radius 3 is 2.06 bits per heavy atom. The summed E-state index contributed by atoms with van der Waals surface area (Å²) >= 11 is 0. The average Bonchev–Trinajstić information content (AvgIpc) is 3.02. The minimum Gasteiger partial charge on any atom is -1.00 e. The number of piperidine rings is 1. The molecule has 1 fully saturated rings. The predicted molar refractivity (Wildman–Crippen MR) is 113 cm³/mol. The van der Waals surface area contributed by atoms with E-state index in [4.69, 9.17) is 4.74 Å². The van der Waals surface area contributed by atoms with Gasteiger partial charge in [0.2, 0.25) is 0 Å². The standard InChI is InChI=1S/C25H27NO4.ClH/c1-18(24(29)30-17-16-26-14-8-3-9-15-26)25(19-10-4-2-5-11-19)22(27)20-12-6-7-13-21(20)23(25)28;/h2,4-7,10-13,18H,3,8-9,14-17H2,1H3;1H.